The van der Waals surface area contributed by atoms with E-state index in [0.29, 0.717) is 22.5 Å². The molecule has 0 aliphatic heterocycles. The molecule has 0 fully saturated rings. The Balaban J connectivity index is 1.97. The van der Waals surface area contributed by atoms with Crippen molar-refractivity contribution >= 4 is 29.2 Å². The number of ether oxygens (including phenoxy) is 2. The van der Waals surface area contributed by atoms with E-state index in [2.05, 4.69) is 10.3 Å². The number of aryl methyl sites for hydroxylation is 1. The standard InChI is InChI=1S/C20H25N3O5/c1-6-27-19(25)17-12(2)18(21-13(17)3)20(26)28-11-16(24)22-14-7-9-15(10-8-14)23(4)5/h7-10,21H,6,11H2,1-5H3,(H,22,24). The van der Waals surface area contributed by atoms with Crippen molar-refractivity contribution in [1.82, 2.24) is 4.98 Å². The van der Waals surface area contributed by atoms with Gasteiger partial charge in [-0.25, -0.2) is 9.59 Å². The smallest absolute Gasteiger partial charge is 0.355 e. The Labute approximate surface area is 163 Å². The monoisotopic (exact) mass is 387 g/mol. The van der Waals surface area contributed by atoms with Gasteiger partial charge in [0, 0.05) is 31.2 Å². The number of carbonyl (C=O) groups is 3. The first-order chi connectivity index (χ1) is 13.2. The molecule has 0 aliphatic rings. The summed E-state index contributed by atoms with van der Waals surface area (Å²) in [5.74, 6) is -1.68. The molecule has 0 bridgehead atoms. The van der Waals surface area contributed by atoms with E-state index in [4.69, 9.17) is 9.47 Å². The van der Waals surface area contributed by atoms with E-state index in [1.807, 2.05) is 31.1 Å². The molecule has 0 unspecified atom stereocenters. The minimum absolute atomic E-state index is 0.128. The molecular weight excluding hydrogens is 362 g/mol. The second-order valence-corrected chi connectivity index (χ2v) is 6.41. The van der Waals surface area contributed by atoms with E-state index >= 15 is 0 Å². The molecule has 0 spiro atoms. The van der Waals surface area contributed by atoms with Crippen LogP contribution in [0, 0.1) is 13.8 Å². The molecule has 8 nitrogen and oxygen atoms in total. The molecule has 2 rings (SSSR count). The molecule has 0 atom stereocenters. The third kappa shape index (κ3) is 4.91. The number of benzene rings is 1. The van der Waals surface area contributed by atoms with Crippen molar-refractivity contribution < 1.29 is 23.9 Å². The van der Waals surface area contributed by atoms with Gasteiger partial charge in [0.25, 0.3) is 5.91 Å². The van der Waals surface area contributed by atoms with E-state index in [1.54, 1.807) is 32.9 Å². The summed E-state index contributed by atoms with van der Waals surface area (Å²) >= 11 is 0. The predicted octanol–water partition coefficient (Wildman–Crippen LogP) is 2.67. The highest BCUT2D eigenvalue weighted by atomic mass is 16.5. The molecule has 0 saturated heterocycles. The molecule has 0 radical (unpaired) electrons. The molecule has 0 saturated carbocycles. The maximum atomic E-state index is 12.3. The minimum atomic E-state index is -0.714. The third-order valence-electron chi connectivity index (χ3n) is 4.12. The fraction of sp³-hybridized carbons (Fsp3) is 0.350. The summed E-state index contributed by atoms with van der Waals surface area (Å²) in [4.78, 5) is 41.1. The lowest BCUT2D eigenvalue weighted by Crippen LogP contribution is -2.21. The SMILES string of the molecule is CCOC(=O)c1c(C)[nH]c(C(=O)OCC(=O)Nc2ccc(N(C)C)cc2)c1C. The summed E-state index contributed by atoms with van der Waals surface area (Å²) in [6, 6.07) is 7.26. The zero-order chi connectivity index (χ0) is 20.8. The Morgan fingerprint density at radius 1 is 1.04 bits per heavy atom. The fourth-order valence-corrected chi connectivity index (χ4v) is 2.71. The Hall–Kier alpha value is -3.29. The number of aromatic nitrogens is 1. The van der Waals surface area contributed by atoms with Crippen LogP contribution in [-0.2, 0) is 14.3 Å². The highest BCUT2D eigenvalue weighted by Crippen LogP contribution is 2.20. The van der Waals surface area contributed by atoms with Gasteiger partial charge in [-0.3, -0.25) is 4.79 Å². The van der Waals surface area contributed by atoms with E-state index in [9.17, 15) is 14.4 Å². The first-order valence-corrected chi connectivity index (χ1v) is 8.85. The number of carbonyl (C=O) groups excluding carboxylic acids is 3. The van der Waals surface area contributed by atoms with Gasteiger partial charge >= 0.3 is 11.9 Å². The van der Waals surface area contributed by atoms with Crippen molar-refractivity contribution in [3.8, 4) is 0 Å². The zero-order valence-corrected chi connectivity index (χ0v) is 16.7. The summed E-state index contributed by atoms with van der Waals surface area (Å²) < 4.78 is 10.1. The van der Waals surface area contributed by atoms with Gasteiger partial charge in [0.1, 0.15) is 5.69 Å². The van der Waals surface area contributed by atoms with Gasteiger partial charge in [0.05, 0.1) is 12.2 Å². The van der Waals surface area contributed by atoms with Crippen molar-refractivity contribution in [2.45, 2.75) is 20.8 Å². The van der Waals surface area contributed by atoms with Crippen LogP contribution in [0.4, 0.5) is 11.4 Å². The van der Waals surface area contributed by atoms with Crippen LogP contribution in [0.15, 0.2) is 24.3 Å². The predicted molar refractivity (Wildman–Crippen MR) is 106 cm³/mol. The quantitative estimate of drug-likeness (QED) is 0.709. The first-order valence-electron chi connectivity index (χ1n) is 8.85. The minimum Gasteiger partial charge on any atom is -0.462 e. The van der Waals surface area contributed by atoms with E-state index < -0.39 is 24.5 Å². The van der Waals surface area contributed by atoms with Gasteiger partial charge in [0.2, 0.25) is 0 Å². The fourth-order valence-electron chi connectivity index (χ4n) is 2.71. The normalized spacial score (nSPS) is 10.3. The molecule has 1 heterocycles. The van der Waals surface area contributed by atoms with Crippen LogP contribution < -0.4 is 10.2 Å². The number of hydrogen-bond donors (Lipinski definition) is 2. The lowest BCUT2D eigenvalue weighted by Gasteiger charge is -2.13. The van der Waals surface area contributed by atoms with Crippen molar-refractivity contribution in [2.75, 3.05) is 37.5 Å². The van der Waals surface area contributed by atoms with Gasteiger partial charge in [-0.1, -0.05) is 0 Å². The third-order valence-corrected chi connectivity index (χ3v) is 4.12. The Morgan fingerprint density at radius 3 is 2.25 bits per heavy atom. The van der Waals surface area contributed by atoms with Crippen molar-refractivity contribution in [3.63, 3.8) is 0 Å². The molecule has 2 aromatic rings. The second kappa shape index (κ2) is 9.07. The van der Waals surface area contributed by atoms with Crippen LogP contribution >= 0.6 is 0 Å². The van der Waals surface area contributed by atoms with E-state index in [1.165, 1.54) is 0 Å². The van der Waals surface area contributed by atoms with Crippen LogP contribution in [0.5, 0.6) is 0 Å². The van der Waals surface area contributed by atoms with E-state index in [0.717, 1.165) is 5.69 Å². The largest absolute Gasteiger partial charge is 0.462 e. The van der Waals surface area contributed by atoms with Gasteiger partial charge in [-0.05, 0) is 50.6 Å². The molecule has 1 amide bonds. The van der Waals surface area contributed by atoms with Crippen LogP contribution in [0.1, 0.15) is 39.0 Å². The summed E-state index contributed by atoms with van der Waals surface area (Å²) in [5.41, 5.74) is 2.97. The highest BCUT2D eigenvalue weighted by molar-refractivity contribution is 5.99. The summed E-state index contributed by atoms with van der Waals surface area (Å²) in [7, 11) is 3.84. The molecular formula is C20H25N3O5. The average Bonchev–Trinajstić information content (AvgIpc) is 2.94. The van der Waals surface area contributed by atoms with Crippen LogP contribution in [0.25, 0.3) is 0 Å². The van der Waals surface area contributed by atoms with Gasteiger partial charge in [0.15, 0.2) is 6.61 Å². The maximum Gasteiger partial charge on any atom is 0.355 e. The number of esters is 2. The second-order valence-electron chi connectivity index (χ2n) is 6.41. The van der Waals surface area contributed by atoms with Gasteiger partial charge in [-0.15, -0.1) is 0 Å². The highest BCUT2D eigenvalue weighted by Gasteiger charge is 2.24. The number of amides is 1. The number of aromatic amines is 1. The maximum absolute atomic E-state index is 12.3. The van der Waals surface area contributed by atoms with Gasteiger partial charge in [-0.2, -0.15) is 0 Å². The first kappa shape index (κ1) is 21.0. The summed E-state index contributed by atoms with van der Waals surface area (Å²) in [5, 5.41) is 2.66. The number of hydrogen-bond acceptors (Lipinski definition) is 6. The number of rotatable bonds is 7. The summed E-state index contributed by atoms with van der Waals surface area (Å²) in [6.07, 6.45) is 0. The lowest BCUT2D eigenvalue weighted by atomic mass is 10.1. The Kier molecular flexibility index (Phi) is 6.81. The van der Waals surface area contributed by atoms with Crippen molar-refractivity contribution in [2.24, 2.45) is 0 Å². The van der Waals surface area contributed by atoms with Crippen LogP contribution in [-0.4, -0.2) is 50.1 Å². The molecule has 28 heavy (non-hydrogen) atoms. The number of nitrogens with one attached hydrogen (secondary N) is 2. The molecule has 0 aliphatic carbocycles. The number of anilines is 2. The Morgan fingerprint density at radius 2 is 1.68 bits per heavy atom. The van der Waals surface area contributed by atoms with Crippen LogP contribution in [0.2, 0.25) is 0 Å². The molecule has 150 valence electrons. The van der Waals surface area contributed by atoms with Crippen molar-refractivity contribution in [1.29, 1.82) is 0 Å². The molecule has 2 N–H and O–H groups in total. The Bertz CT molecular complexity index is 869. The van der Waals surface area contributed by atoms with Crippen molar-refractivity contribution in [3.05, 3.63) is 46.8 Å². The molecule has 1 aromatic heterocycles. The van der Waals surface area contributed by atoms with Gasteiger partial charge < -0.3 is 24.7 Å². The van der Waals surface area contributed by atoms with Crippen LogP contribution in [0.3, 0.4) is 0 Å². The zero-order valence-electron chi connectivity index (χ0n) is 16.7. The van der Waals surface area contributed by atoms with E-state index in [-0.39, 0.29) is 12.3 Å². The topological polar surface area (TPSA) is 101 Å². The summed E-state index contributed by atoms with van der Waals surface area (Å²) in [6.45, 7) is 4.79. The number of nitrogens with zero attached hydrogens (tertiary/aromatic N) is 1. The number of H-pyrrole nitrogens is 1. The molecule has 1 aromatic carbocycles. The average molecular weight is 387 g/mol. The lowest BCUT2D eigenvalue weighted by molar-refractivity contribution is -0.119. The molecule has 8 heteroatoms.